The van der Waals surface area contributed by atoms with Gasteiger partial charge in [-0.1, -0.05) is 0 Å². The Morgan fingerprint density at radius 3 is 2.46 bits per heavy atom. The summed E-state index contributed by atoms with van der Waals surface area (Å²) in [7, 11) is 3.97. The van der Waals surface area contributed by atoms with Crippen molar-refractivity contribution >= 4 is 45.5 Å². The molecule has 2 heterocycles. The van der Waals surface area contributed by atoms with E-state index in [-0.39, 0.29) is 17.5 Å². The van der Waals surface area contributed by atoms with Crippen molar-refractivity contribution in [3.05, 3.63) is 53.5 Å². The lowest BCUT2D eigenvalue weighted by Crippen LogP contribution is -2.28. The molecular formula is C25H31N7O2S. The van der Waals surface area contributed by atoms with Crippen molar-refractivity contribution in [1.82, 2.24) is 14.3 Å². The molecule has 2 aromatic heterocycles. The zero-order chi connectivity index (χ0) is 24.9. The summed E-state index contributed by atoms with van der Waals surface area (Å²) < 4.78 is 4.23. The number of hydrogen-bond donors (Lipinski definition) is 3. The molecule has 9 nitrogen and oxygen atoms in total. The maximum absolute atomic E-state index is 12.7. The van der Waals surface area contributed by atoms with E-state index in [1.165, 1.54) is 17.7 Å². The van der Waals surface area contributed by atoms with E-state index in [4.69, 9.17) is 5.73 Å². The Hall–Kier alpha value is -3.53. The van der Waals surface area contributed by atoms with Gasteiger partial charge in [0.15, 0.2) is 17.3 Å². The van der Waals surface area contributed by atoms with Crippen molar-refractivity contribution in [2.45, 2.75) is 45.1 Å². The average Bonchev–Trinajstić information content (AvgIpc) is 3.24. The third-order valence-electron chi connectivity index (χ3n) is 6.25. The number of carbonyl (C=O) groups excluding carboxylic acids is 2. The number of anilines is 4. The number of nitrogens with two attached hydrogens (primary N) is 1. The Balaban J connectivity index is 1.33. The van der Waals surface area contributed by atoms with E-state index in [1.54, 1.807) is 0 Å². The summed E-state index contributed by atoms with van der Waals surface area (Å²) in [5.74, 6) is 0.831. The standard InChI is InChI=1S/C25H31N7O2S/c1-15-12-22(35-31-15)30-25-23(24(26)34)27-14-21(29-25)28-18-8-4-16(5-9-18)13-20(33)17-6-10-19(11-7-17)32(2)3/h6-7,10-12,14,16,18H,4-5,8-9,13H2,1-3H3,(H2,26,34)(H2,28,29,30). The van der Waals surface area contributed by atoms with Crippen LogP contribution in [0.15, 0.2) is 36.5 Å². The van der Waals surface area contributed by atoms with Gasteiger partial charge in [-0.2, -0.15) is 4.37 Å². The number of nitrogens with zero attached hydrogens (tertiary/aromatic N) is 4. The smallest absolute Gasteiger partial charge is 0.271 e. The monoisotopic (exact) mass is 493 g/mol. The maximum Gasteiger partial charge on any atom is 0.271 e. The van der Waals surface area contributed by atoms with Gasteiger partial charge < -0.3 is 21.3 Å². The highest BCUT2D eigenvalue weighted by Gasteiger charge is 2.24. The maximum atomic E-state index is 12.7. The molecule has 0 radical (unpaired) electrons. The van der Waals surface area contributed by atoms with E-state index >= 15 is 0 Å². The molecule has 0 aliphatic heterocycles. The largest absolute Gasteiger partial charge is 0.378 e. The number of carbonyl (C=O) groups is 2. The Labute approximate surface area is 209 Å². The molecule has 1 fully saturated rings. The van der Waals surface area contributed by atoms with Crippen LogP contribution in [-0.2, 0) is 0 Å². The summed E-state index contributed by atoms with van der Waals surface area (Å²) in [4.78, 5) is 35.4. The van der Waals surface area contributed by atoms with Crippen molar-refractivity contribution in [2.24, 2.45) is 11.7 Å². The first-order valence-corrected chi connectivity index (χ1v) is 12.5. The molecule has 1 aromatic carbocycles. The topological polar surface area (TPSA) is 126 Å². The minimum absolute atomic E-state index is 0.0856. The van der Waals surface area contributed by atoms with Gasteiger partial charge in [0, 0.05) is 37.8 Å². The van der Waals surface area contributed by atoms with E-state index in [0.29, 0.717) is 24.0 Å². The zero-order valence-electron chi connectivity index (χ0n) is 20.2. The van der Waals surface area contributed by atoms with Crippen molar-refractivity contribution < 1.29 is 9.59 Å². The molecule has 35 heavy (non-hydrogen) atoms. The summed E-state index contributed by atoms with van der Waals surface area (Å²) >= 11 is 1.28. The molecule has 0 saturated heterocycles. The molecule has 4 rings (SSSR count). The van der Waals surface area contributed by atoms with E-state index in [1.807, 2.05) is 56.3 Å². The lowest BCUT2D eigenvalue weighted by atomic mass is 9.82. The molecule has 0 spiro atoms. The molecular weight excluding hydrogens is 462 g/mol. The SMILES string of the molecule is Cc1cc(Nc2nc(NC3CCC(CC(=O)c4ccc(N(C)C)cc4)CC3)cnc2C(N)=O)sn1. The molecule has 1 aliphatic carbocycles. The lowest BCUT2D eigenvalue weighted by molar-refractivity contribution is 0.0947. The van der Waals surface area contributed by atoms with Gasteiger partial charge in [-0.05, 0) is 80.4 Å². The third-order valence-corrected chi connectivity index (χ3v) is 7.05. The Kier molecular flexibility index (Phi) is 7.60. The van der Waals surface area contributed by atoms with Gasteiger partial charge in [0.1, 0.15) is 10.8 Å². The number of aromatic nitrogens is 3. The van der Waals surface area contributed by atoms with E-state index in [0.717, 1.165) is 47.6 Å². The van der Waals surface area contributed by atoms with Gasteiger partial charge >= 0.3 is 0 Å². The van der Waals surface area contributed by atoms with Gasteiger partial charge in [0.2, 0.25) is 0 Å². The van der Waals surface area contributed by atoms with Crippen LogP contribution in [0.3, 0.4) is 0 Å². The predicted molar refractivity (Wildman–Crippen MR) is 140 cm³/mol. The lowest BCUT2D eigenvalue weighted by Gasteiger charge is -2.29. The second kappa shape index (κ2) is 10.8. The molecule has 4 N–H and O–H groups in total. The molecule has 184 valence electrons. The van der Waals surface area contributed by atoms with Crippen LogP contribution in [0.25, 0.3) is 0 Å². The van der Waals surface area contributed by atoms with Crippen LogP contribution >= 0.6 is 11.5 Å². The number of rotatable bonds is 9. The second-order valence-corrected chi connectivity index (χ2v) is 10.0. The normalized spacial score (nSPS) is 17.6. The molecule has 0 bridgehead atoms. The fraction of sp³-hybridized carbons (Fsp3) is 0.400. The molecule has 3 aromatic rings. The van der Waals surface area contributed by atoms with Crippen LogP contribution in [0.5, 0.6) is 0 Å². The third kappa shape index (κ3) is 6.33. The number of Topliss-reactive ketones (excluding diaryl/α,β-unsaturated/α-hetero) is 1. The highest BCUT2D eigenvalue weighted by atomic mass is 32.1. The van der Waals surface area contributed by atoms with E-state index < -0.39 is 5.91 Å². The minimum Gasteiger partial charge on any atom is -0.378 e. The van der Waals surface area contributed by atoms with Gasteiger partial charge in [0.25, 0.3) is 5.91 Å². The predicted octanol–water partition coefficient (Wildman–Crippen LogP) is 4.39. The number of primary amides is 1. The van der Waals surface area contributed by atoms with Gasteiger partial charge in [-0.3, -0.25) is 9.59 Å². The van der Waals surface area contributed by atoms with Crippen LogP contribution in [-0.4, -0.2) is 46.2 Å². The van der Waals surface area contributed by atoms with Gasteiger partial charge in [-0.15, -0.1) is 0 Å². The minimum atomic E-state index is -0.644. The molecule has 1 aliphatic rings. The van der Waals surface area contributed by atoms with Gasteiger partial charge in [0.05, 0.1) is 11.9 Å². The van der Waals surface area contributed by atoms with E-state index in [2.05, 4.69) is 25.0 Å². The fourth-order valence-electron chi connectivity index (χ4n) is 4.31. The molecule has 0 atom stereocenters. The quantitative estimate of drug-likeness (QED) is 0.375. The second-order valence-electron chi connectivity index (χ2n) is 9.20. The molecule has 1 saturated carbocycles. The summed E-state index contributed by atoms with van der Waals surface area (Å²) in [6.45, 7) is 1.89. The van der Waals surface area contributed by atoms with Crippen molar-refractivity contribution in [3.8, 4) is 0 Å². The number of benzene rings is 1. The van der Waals surface area contributed by atoms with Crippen molar-refractivity contribution in [2.75, 3.05) is 29.6 Å². The van der Waals surface area contributed by atoms with Crippen LogP contribution in [0.2, 0.25) is 0 Å². The first-order chi connectivity index (χ1) is 16.8. The van der Waals surface area contributed by atoms with Crippen LogP contribution in [0.1, 0.15) is 58.6 Å². The number of nitrogens with one attached hydrogen (secondary N) is 2. The highest BCUT2D eigenvalue weighted by molar-refractivity contribution is 7.10. The zero-order valence-corrected chi connectivity index (χ0v) is 21.1. The highest BCUT2D eigenvalue weighted by Crippen LogP contribution is 2.30. The van der Waals surface area contributed by atoms with E-state index in [9.17, 15) is 9.59 Å². The average molecular weight is 494 g/mol. The number of ketones is 1. The Bertz CT molecular complexity index is 1180. The van der Waals surface area contributed by atoms with Crippen LogP contribution < -0.4 is 21.3 Å². The van der Waals surface area contributed by atoms with Crippen molar-refractivity contribution in [3.63, 3.8) is 0 Å². The number of hydrogen-bond acceptors (Lipinski definition) is 9. The van der Waals surface area contributed by atoms with Crippen LogP contribution in [0, 0.1) is 12.8 Å². The summed E-state index contributed by atoms with van der Waals surface area (Å²) in [6, 6.07) is 9.90. The Morgan fingerprint density at radius 1 is 1.14 bits per heavy atom. The summed E-state index contributed by atoms with van der Waals surface area (Å²) in [6.07, 6.45) is 5.93. The molecule has 10 heteroatoms. The summed E-state index contributed by atoms with van der Waals surface area (Å²) in [5.41, 5.74) is 8.30. The number of aryl methyl sites for hydroxylation is 1. The van der Waals surface area contributed by atoms with Gasteiger partial charge in [-0.25, -0.2) is 9.97 Å². The van der Waals surface area contributed by atoms with Crippen molar-refractivity contribution in [1.29, 1.82) is 0 Å². The Morgan fingerprint density at radius 2 is 1.86 bits per heavy atom. The molecule has 0 unspecified atom stereocenters. The first-order valence-electron chi connectivity index (χ1n) is 11.7. The summed E-state index contributed by atoms with van der Waals surface area (Å²) in [5, 5.41) is 7.30. The van der Waals surface area contributed by atoms with Crippen LogP contribution in [0.4, 0.5) is 22.3 Å². The first kappa shape index (κ1) is 24.6. The molecule has 1 amide bonds. The number of amides is 1. The fourth-order valence-corrected chi connectivity index (χ4v) is 4.97.